The summed E-state index contributed by atoms with van der Waals surface area (Å²) in [5, 5.41) is 17.9. The van der Waals surface area contributed by atoms with Gasteiger partial charge in [-0.15, -0.1) is 21.5 Å². The number of carbonyl (C=O) groups excluding carboxylic acids is 3. The largest absolute Gasteiger partial charge is 0.497 e. The summed E-state index contributed by atoms with van der Waals surface area (Å²) in [6.07, 6.45) is 1.46. The number of methoxy groups -OCH3 is 1. The molecule has 196 valence electrons. The van der Waals surface area contributed by atoms with Gasteiger partial charge in [-0.2, -0.15) is 5.10 Å². The fraction of sp³-hybridized carbons (Fsp3) is 0.346. The Kier molecular flexibility index (Phi) is 7.14. The molecule has 1 aliphatic heterocycles. The van der Waals surface area contributed by atoms with Gasteiger partial charge in [0, 0.05) is 36.0 Å². The molecule has 3 aromatic heterocycles. The van der Waals surface area contributed by atoms with Crippen LogP contribution in [0.1, 0.15) is 66.5 Å². The van der Waals surface area contributed by atoms with Crippen molar-refractivity contribution in [3.8, 4) is 5.75 Å². The van der Waals surface area contributed by atoms with Gasteiger partial charge in [0.25, 0.3) is 11.8 Å². The molecule has 0 bridgehead atoms. The molecule has 1 saturated heterocycles. The number of amides is 2. The lowest BCUT2D eigenvalue weighted by Gasteiger charge is -2.31. The first-order chi connectivity index (χ1) is 18.3. The quantitative estimate of drug-likeness (QED) is 0.359. The minimum absolute atomic E-state index is 0.120. The summed E-state index contributed by atoms with van der Waals surface area (Å²) in [5.74, 6) is 0.0557. The third kappa shape index (κ3) is 5.12. The molecule has 0 saturated carbocycles. The Balaban J connectivity index is 1.15. The zero-order valence-electron chi connectivity index (χ0n) is 21.3. The number of rotatable bonds is 7. The summed E-state index contributed by atoms with van der Waals surface area (Å²) in [5.41, 5.74) is 3.18. The molecule has 2 amide bonds. The van der Waals surface area contributed by atoms with Crippen LogP contribution in [0.2, 0.25) is 0 Å². The number of fused-ring (bicyclic) bond motifs is 1. The number of benzene rings is 1. The SMILES string of the molecule is COc1ccc(C(=O)CNC(=O)c2csc(C3CCN(C(=O)c4nnc5cc(C)nn5c4C)CC3)n2)cc1. The number of ketones is 1. The summed E-state index contributed by atoms with van der Waals surface area (Å²) < 4.78 is 6.75. The Morgan fingerprint density at radius 2 is 1.84 bits per heavy atom. The molecule has 1 aromatic carbocycles. The third-order valence-electron chi connectivity index (χ3n) is 6.64. The molecule has 1 N–H and O–H groups in total. The van der Waals surface area contributed by atoms with Gasteiger partial charge in [-0.1, -0.05) is 0 Å². The smallest absolute Gasteiger partial charge is 0.276 e. The number of carbonyl (C=O) groups is 3. The van der Waals surface area contributed by atoms with Crippen LogP contribution in [0.25, 0.3) is 5.65 Å². The van der Waals surface area contributed by atoms with Crippen LogP contribution in [0.5, 0.6) is 5.75 Å². The first-order valence-electron chi connectivity index (χ1n) is 12.2. The van der Waals surface area contributed by atoms with Gasteiger partial charge in [0.1, 0.15) is 11.4 Å². The summed E-state index contributed by atoms with van der Waals surface area (Å²) in [6, 6.07) is 8.55. The molecule has 0 atom stereocenters. The molecule has 5 rings (SSSR count). The van der Waals surface area contributed by atoms with E-state index in [4.69, 9.17) is 4.74 Å². The maximum atomic E-state index is 13.2. The maximum Gasteiger partial charge on any atom is 0.276 e. The minimum Gasteiger partial charge on any atom is -0.497 e. The monoisotopic (exact) mass is 533 g/mol. The molecular weight excluding hydrogens is 506 g/mol. The van der Waals surface area contributed by atoms with Crippen molar-refractivity contribution in [3.05, 3.63) is 69.1 Å². The van der Waals surface area contributed by atoms with Crippen molar-refractivity contribution >= 4 is 34.6 Å². The highest BCUT2D eigenvalue weighted by Crippen LogP contribution is 2.31. The van der Waals surface area contributed by atoms with Gasteiger partial charge in [0.15, 0.2) is 17.1 Å². The van der Waals surface area contributed by atoms with Crippen LogP contribution in [0.3, 0.4) is 0 Å². The number of aryl methyl sites for hydroxylation is 2. The van der Waals surface area contributed by atoms with Gasteiger partial charge in [0.2, 0.25) is 0 Å². The van der Waals surface area contributed by atoms with Crippen LogP contribution in [-0.2, 0) is 0 Å². The number of Topliss-reactive ketones (excluding diaryl/α,β-unsaturated/α-hetero) is 1. The number of hydrogen-bond acceptors (Lipinski definition) is 9. The number of aromatic nitrogens is 5. The highest BCUT2D eigenvalue weighted by Gasteiger charge is 2.29. The average molecular weight is 534 g/mol. The van der Waals surface area contributed by atoms with Crippen LogP contribution in [-0.4, -0.2) is 74.0 Å². The highest BCUT2D eigenvalue weighted by molar-refractivity contribution is 7.09. The number of ether oxygens (including phenoxy) is 1. The van der Waals surface area contributed by atoms with Gasteiger partial charge < -0.3 is 15.0 Å². The number of piperidine rings is 1. The van der Waals surface area contributed by atoms with Gasteiger partial charge in [-0.3, -0.25) is 14.4 Å². The first-order valence-corrected chi connectivity index (χ1v) is 13.1. The summed E-state index contributed by atoms with van der Waals surface area (Å²) in [7, 11) is 1.56. The predicted octanol–water partition coefficient (Wildman–Crippen LogP) is 2.84. The number of likely N-dealkylation sites (tertiary alicyclic amines) is 1. The van der Waals surface area contributed by atoms with Gasteiger partial charge in [0.05, 0.1) is 30.1 Å². The third-order valence-corrected chi connectivity index (χ3v) is 7.64. The topological polar surface area (TPSA) is 132 Å². The Labute approximate surface area is 222 Å². The molecule has 4 heterocycles. The summed E-state index contributed by atoms with van der Waals surface area (Å²) in [6.45, 7) is 4.68. The van der Waals surface area contributed by atoms with E-state index >= 15 is 0 Å². The van der Waals surface area contributed by atoms with Crippen molar-refractivity contribution in [2.75, 3.05) is 26.7 Å². The van der Waals surface area contributed by atoms with Crippen LogP contribution in [0.15, 0.2) is 35.7 Å². The van der Waals surface area contributed by atoms with Crippen LogP contribution < -0.4 is 10.1 Å². The molecule has 11 nitrogen and oxygen atoms in total. The zero-order valence-corrected chi connectivity index (χ0v) is 22.1. The summed E-state index contributed by atoms with van der Waals surface area (Å²) >= 11 is 1.42. The van der Waals surface area contributed by atoms with Gasteiger partial charge >= 0.3 is 0 Å². The second kappa shape index (κ2) is 10.7. The van der Waals surface area contributed by atoms with E-state index in [1.165, 1.54) is 11.3 Å². The Bertz CT molecular complexity index is 1500. The lowest BCUT2D eigenvalue weighted by Crippen LogP contribution is -2.39. The Morgan fingerprint density at radius 3 is 2.55 bits per heavy atom. The lowest BCUT2D eigenvalue weighted by molar-refractivity contribution is 0.0703. The minimum atomic E-state index is -0.389. The second-order valence-corrected chi connectivity index (χ2v) is 10.1. The first kappa shape index (κ1) is 25.5. The molecule has 1 fully saturated rings. The van der Waals surface area contributed by atoms with E-state index < -0.39 is 0 Å². The number of nitrogens with zero attached hydrogens (tertiary/aromatic N) is 6. The molecule has 1 aliphatic rings. The molecule has 0 unspecified atom stereocenters. The lowest BCUT2D eigenvalue weighted by atomic mass is 9.97. The zero-order chi connectivity index (χ0) is 26.8. The molecular formula is C26H27N7O4S. The average Bonchev–Trinajstić information content (AvgIpc) is 3.59. The number of thiazole rings is 1. The standard InChI is InChI=1S/C26H27N7O4S/c1-15-12-22-29-30-23(16(2)33(22)31-15)26(36)32-10-8-18(9-11-32)25-28-20(14-38-25)24(35)27-13-21(34)17-4-6-19(37-3)7-5-17/h4-7,12,14,18H,8-11,13H2,1-3H3,(H,27,35). The van der Waals surface area contributed by atoms with E-state index in [2.05, 4.69) is 25.6 Å². The van der Waals surface area contributed by atoms with Crippen LogP contribution >= 0.6 is 11.3 Å². The van der Waals surface area contributed by atoms with Crippen molar-refractivity contribution in [1.29, 1.82) is 0 Å². The van der Waals surface area contributed by atoms with Crippen molar-refractivity contribution in [3.63, 3.8) is 0 Å². The van der Waals surface area contributed by atoms with Gasteiger partial charge in [-0.05, 0) is 51.0 Å². The van der Waals surface area contributed by atoms with Crippen molar-refractivity contribution in [2.45, 2.75) is 32.6 Å². The van der Waals surface area contributed by atoms with Crippen molar-refractivity contribution in [2.24, 2.45) is 0 Å². The second-order valence-electron chi connectivity index (χ2n) is 9.16. The van der Waals surface area contributed by atoms with E-state index in [0.717, 1.165) is 23.5 Å². The normalized spacial score (nSPS) is 14.0. The van der Waals surface area contributed by atoms with Crippen molar-refractivity contribution in [1.82, 2.24) is 35.0 Å². The molecule has 12 heteroatoms. The Hall–Kier alpha value is -4.19. The Morgan fingerprint density at radius 1 is 1.11 bits per heavy atom. The van der Waals surface area contributed by atoms with Crippen LogP contribution in [0.4, 0.5) is 0 Å². The predicted molar refractivity (Wildman–Crippen MR) is 140 cm³/mol. The molecule has 38 heavy (non-hydrogen) atoms. The fourth-order valence-electron chi connectivity index (χ4n) is 4.46. The molecule has 0 aliphatic carbocycles. The number of hydrogen-bond donors (Lipinski definition) is 1. The maximum absolute atomic E-state index is 13.2. The molecule has 0 radical (unpaired) electrons. The van der Waals surface area contributed by atoms with E-state index in [9.17, 15) is 14.4 Å². The van der Waals surface area contributed by atoms with E-state index in [-0.39, 0.29) is 30.1 Å². The van der Waals surface area contributed by atoms with Gasteiger partial charge in [-0.25, -0.2) is 9.50 Å². The molecule has 4 aromatic rings. The van der Waals surface area contributed by atoms with E-state index in [1.54, 1.807) is 46.2 Å². The molecule has 0 spiro atoms. The fourth-order valence-corrected chi connectivity index (χ4v) is 5.44. The van der Waals surface area contributed by atoms with Crippen molar-refractivity contribution < 1.29 is 19.1 Å². The summed E-state index contributed by atoms with van der Waals surface area (Å²) in [4.78, 5) is 44.4. The van der Waals surface area contributed by atoms with E-state index in [1.807, 2.05) is 19.9 Å². The highest BCUT2D eigenvalue weighted by atomic mass is 32.1. The van der Waals surface area contributed by atoms with Crippen LogP contribution in [0, 0.1) is 13.8 Å². The van der Waals surface area contributed by atoms with E-state index in [0.29, 0.717) is 47.1 Å². The number of nitrogens with one attached hydrogen (secondary N) is 1.